The van der Waals surface area contributed by atoms with Crippen LogP contribution in [0.3, 0.4) is 0 Å². The van der Waals surface area contributed by atoms with Crippen LogP contribution in [-0.2, 0) is 14.9 Å². The molecule has 0 bridgehead atoms. The number of carbonyl (C=O) groups is 1. The van der Waals surface area contributed by atoms with Crippen LogP contribution in [0.5, 0.6) is 0 Å². The molecule has 5 nitrogen and oxygen atoms in total. The van der Waals surface area contributed by atoms with Gasteiger partial charge in [0.05, 0.1) is 0 Å². The molecule has 16 heavy (non-hydrogen) atoms. The first-order valence-electron chi connectivity index (χ1n) is 3.78. The van der Waals surface area contributed by atoms with Gasteiger partial charge in [-0.1, -0.05) is 18.2 Å². The zero-order valence-corrected chi connectivity index (χ0v) is 11.7. The Balaban J connectivity index is 0. The van der Waals surface area contributed by atoms with E-state index < -0.39 is 10.1 Å². The SMILES string of the molecule is C[C-]=O.O=Cc1ccccc1S(=O)(=O)O.[Na+]. The molecule has 0 fully saturated rings. The van der Waals surface area contributed by atoms with Gasteiger partial charge in [-0.25, -0.2) is 0 Å². The minimum atomic E-state index is -4.28. The molecule has 1 N–H and O–H groups in total. The summed E-state index contributed by atoms with van der Waals surface area (Å²) in [6.45, 7) is 1.32. The molecule has 1 rings (SSSR count). The predicted octanol–water partition coefficient (Wildman–Crippen LogP) is -2.13. The van der Waals surface area contributed by atoms with Crippen molar-refractivity contribution >= 4 is 22.7 Å². The Morgan fingerprint density at radius 2 is 1.75 bits per heavy atom. The zero-order chi connectivity index (χ0) is 11.9. The summed E-state index contributed by atoms with van der Waals surface area (Å²) in [6, 6.07) is 5.42. The van der Waals surface area contributed by atoms with Crippen molar-refractivity contribution in [3.63, 3.8) is 0 Å². The fraction of sp³-hybridized carbons (Fsp3) is 0.111. The quantitative estimate of drug-likeness (QED) is 0.281. The molecule has 0 aromatic heterocycles. The van der Waals surface area contributed by atoms with Crippen LogP contribution in [0.4, 0.5) is 0 Å². The van der Waals surface area contributed by atoms with Gasteiger partial charge < -0.3 is 4.79 Å². The molecule has 0 atom stereocenters. The molecule has 0 aliphatic carbocycles. The molecule has 0 aliphatic heterocycles. The van der Waals surface area contributed by atoms with Gasteiger partial charge in [-0.15, -0.1) is 0 Å². The van der Waals surface area contributed by atoms with Gasteiger partial charge in [0.1, 0.15) is 4.90 Å². The Morgan fingerprint density at radius 3 is 2.06 bits per heavy atom. The van der Waals surface area contributed by atoms with Gasteiger partial charge in [0.25, 0.3) is 10.1 Å². The largest absolute Gasteiger partial charge is 1.00 e. The molecule has 1 aromatic carbocycles. The van der Waals surface area contributed by atoms with Crippen LogP contribution < -0.4 is 29.6 Å². The van der Waals surface area contributed by atoms with E-state index in [4.69, 9.17) is 9.35 Å². The van der Waals surface area contributed by atoms with E-state index in [1.54, 1.807) is 0 Å². The maximum Gasteiger partial charge on any atom is 1.00 e. The van der Waals surface area contributed by atoms with Crippen molar-refractivity contribution in [3.05, 3.63) is 29.8 Å². The summed E-state index contributed by atoms with van der Waals surface area (Å²) < 4.78 is 29.8. The number of hydrogen-bond donors (Lipinski definition) is 1. The van der Waals surface area contributed by atoms with E-state index in [0.717, 1.165) is 0 Å². The molecule has 82 valence electrons. The molecule has 0 amide bonds. The molecule has 0 spiro atoms. The van der Waals surface area contributed by atoms with Gasteiger partial charge in [-0.05, 0) is 6.07 Å². The molecule has 0 saturated carbocycles. The van der Waals surface area contributed by atoms with Gasteiger partial charge >= 0.3 is 29.6 Å². The first-order chi connectivity index (χ1) is 6.97. The number of carbonyl (C=O) groups excluding carboxylic acids is 2. The van der Waals surface area contributed by atoms with Gasteiger partial charge in [0.2, 0.25) is 0 Å². The number of aldehydes is 1. The fourth-order valence-corrected chi connectivity index (χ4v) is 1.48. The normalized spacial score (nSPS) is 9.12. The molecule has 7 heteroatoms. The van der Waals surface area contributed by atoms with Gasteiger partial charge in [0, 0.05) is 5.56 Å². The van der Waals surface area contributed by atoms with Crippen molar-refractivity contribution in [2.24, 2.45) is 0 Å². The molecule has 0 heterocycles. The third kappa shape index (κ3) is 6.14. The number of hydrogen-bond acceptors (Lipinski definition) is 4. The first-order valence-corrected chi connectivity index (χ1v) is 5.22. The monoisotopic (exact) mass is 252 g/mol. The van der Waals surface area contributed by atoms with E-state index in [0.29, 0.717) is 6.29 Å². The van der Waals surface area contributed by atoms with E-state index in [1.807, 2.05) is 0 Å². The van der Waals surface area contributed by atoms with E-state index in [2.05, 4.69) is 0 Å². The minimum Gasteiger partial charge on any atom is -0.542 e. The van der Waals surface area contributed by atoms with Crippen LogP contribution >= 0.6 is 0 Å². The van der Waals surface area contributed by atoms with Gasteiger partial charge in [-0.2, -0.15) is 15.3 Å². The smallest absolute Gasteiger partial charge is 0.542 e. The average molecular weight is 252 g/mol. The van der Waals surface area contributed by atoms with Crippen LogP contribution in [0.25, 0.3) is 0 Å². The van der Waals surface area contributed by atoms with Crippen molar-refractivity contribution in [2.75, 3.05) is 0 Å². The molecular formula is C9H9NaO5S. The van der Waals surface area contributed by atoms with Crippen LogP contribution in [0, 0.1) is 0 Å². The van der Waals surface area contributed by atoms with E-state index in [9.17, 15) is 13.2 Å². The summed E-state index contributed by atoms with van der Waals surface area (Å²) in [4.78, 5) is 18.6. The van der Waals surface area contributed by atoms with Crippen molar-refractivity contribution in [3.8, 4) is 0 Å². The van der Waals surface area contributed by atoms with Gasteiger partial charge in [-0.3, -0.25) is 15.6 Å². The fourth-order valence-electron chi connectivity index (χ4n) is 0.813. The number of rotatable bonds is 2. The van der Waals surface area contributed by atoms with E-state index in [-0.39, 0.29) is 40.0 Å². The second-order valence-electron chi connectivity index (χ2n) is 2.33. The molecule has 0 radical (unpaired) electrons. The Kier molecular flexibility index (Phi) is 9.60. The van der Waals surface area contributed by atoms with Crippen molar-refractivity contribution < 1.29 is 52.1 Å². The van der Waals surface area contributed by atoms with E-state index in [1.165, 1.54) is 37.5 Å². The standard InChI is InChI=1S/C7H6O4S.C2H3O.Na/c8-5-6-3-1-2-4-7(6)12(9,10)11;1-2-3;/h1-5H,(H,9,10,11);1H3;/q;-1;+1. The molecule has 0 unspecified atom stereocenters. The second kappa shape index (κ2) is 8.60. The Morgan fingerprint density at radius 1 is 1.31 bits per heavy atom. The summed E-state index contributed by atoms with van der Waals surface area (Å²) in [7, 11) is -4.28. The van der Waals surface area contributed by atoms with Crippen LogP contribution in [0.15, 0.2) is 29.2 Å². The van der Waals surface area contributed by atoms with Crippen molar-refractivity contribution in [1.82, 2.24) is 0 Å². The maximum atomic E-state index is 10.6. The van der Waals surface area contributed by atoms with Crippen LogP contribution in [0.1, 0.15) is 17.3 Å². The van der Waals surface area contributed by atoms with E-state index >= 15 is 0 Å². The van der Waals surface area contributed by atoms with Gasteiger partial charge in [0.15, 0.2) is 6.29 Å². The minimum absolute atomic E-state index is 0. The predicted molar refractivity (Wildman–Crippen MR) is 53.0 cm³/mol. The third-order valence-electron chi connectivity index (χ3n) is 1.32. The summed E-state index contributed by atoms with van der Waals surface area (Å²) in [6.07, 6.45) is 1.88. The molecule has 1 aromatic rings. The third-order valence-corrected chi connectivity index (χ3v) is 2.25. The summed E-state index contributed by atoms with van der Waals surface area (Å²) in [5, 5.41) is 0. The Labute approximate surface area is 116 Å². The average Bonchev–Trinajstić information content (AvgIpc) is 2.18. The molecular weight excluding hydrogens is 243 g/mol. The topological polar surface area (TPSA) is 88.5 Å². The summed E-state index contributed by atoms with van der Waals surface area (Å²) in [5.41, 5.74) is -0.0417. The zero-order valence-electron chi connectivity index (χ0n) is 8.88. The van der Waals surface area contributed by atoms with Crippen molar-refractivity contribution in [1.29, 1.82) is 0 Å². The Hall–Kier alpha value is -0.530. The van der Waals surface area contributed by atoms with Crippen LogP contribution in [-0.4, -0.2) is 25.5 Å². The van der Waals surface area contributed by atoms with Crippen molar-refractivity contribution in [2.45, 2.75) is 11.8 Å². The van der Waals surface area contributed by atoms with Crippen LogP contribution in [0.2, 0.25) is 0 Å². The summed E-state index contributed by atoms with van der Waals surface area (Å²) in [5.74, 6) is 0. The first kappa shape index (κ1) is 17.9. The molecule has 0 saturated heterocycles. The Bertz CT molecular complexity index is 441. The summed E-state index contributed by atoms with van der Waals surface area (Å²) >= 11 is 0. The molecule has 0 aliphatic rings. The number of benzene rings is 1. The maximum absolute atomic E-state index is 10.6. The second-order valence-corrected chi connectivity index (χ2v) is 3.72.